The van der Waals surface area contributed by atoms with Crippen molar-refractivity contribution >= 4 is 104 Å². The molecule has 3 aliphatic carbocycles. The molecular weight excluding hydrogens is 1870 g/mol. The van der Waals surface area contributed by atoms with Gasteiger partial charge < -0.3 is 55.8 Å². The Labute approximate surface area is 851 Å². The van der Waals surface area contributed by atoms with Gasteiger partial charge in [0.15, 0.2) is 23.3 Å². The van der Waals surface area contributed by atoms with Crippen LogP contribution in [0.5, 0.6) is 5.75 Å². The molecule has 8 aromatic heterocycles. The molecule has 0 bridgehead atoms. The minimum Gasteiger partial charge on any atom is -0.489 e. The molecule has 760 valence electrons. The van der Waals surface area contributed by atoms with Crippen molar-refractivity contribution in [2.75, 3.05) is 101 Å². The highest BCUT2D eigenvalue weighted by atomic mass is 19.1. The molecule has 1 unspecified atom stereocenters. The number of piperidine rings is 1. The number of fused-ring (bicyclic) bond motifs is 9. The smallest absolute Gasteiger partial charge is 0.248 e. The molecule has 1 atom stereocenters. The SMILES string of the molecule is CC1=Nc2c(C)cc(-c3nc(Nc4ccc(CN5CCN(C)CC5)cn4)ncc3F)cc2C12CCCC2.CC1=Nc2c(C)cc(-c3nc(Nc4ccc5c(n4)CCN(C(=O)CO)C5)ncc3F)cc2C12CCCC2.CC1=Nc2c(F)cc(-c3nc(Nc4ccc(OC5CCN(C)CC5)cn4)ncc3F)cc2C12CCCC2.CCC1(C)C(C)=Nc2c(C)cc(-c3nc(Nc4ccc5c(n4)CCN(C(=O)CO)C5)ncc3F)cc21. The first-order chi connectivity index (χ1) is 70.9. The third-order valence-corrected chi connectivity index (χ3v) is 31.8. The van der Waals surface area contributed by atoms with Crippen LogP contribution in [0.2, 0.25) is 0 Å². The summed E-state index contributed by atoms with van der Waals surface area (Å²) in [6.45, 7) is 26.7. The van der Waals surface area contributed by atoms with E-state index >= 15 is 13.2 Å². The Bertz CT molecular complexity index is 7020. The predicted octanol–water partition coefficient (Wildman–Crippen LogP) is 20.3. The van der Waals surface area contributed by atoms with Crippen LogP contribution in [0.1, 0.15) is 205 Å². The van der Waals surface area contributed by atoms with E-state index in [1.165, 1.54) is 72.7 Å². The Kier molecular flexibility index (Phi) is 28.4. The second kappa shape index (κ2) is 41.6. The fourth-order valence-corrected chi connectivity index (χ4v) is 23.0. The lowest BCUT2D eigenvalue weighted by atomic mass is 9.75. The Morgan fingerprint density at radius 1 is 0.401 bits per heavy atom. The van der Waals surface area contributed by atoms with Gasteiger partial charge in [-0.2, -0.15) is 0 Å². The number of aromatic nitrogens is 12. The van der Waals surface area contributed by atoms with Crippen LogP contribution in [0.15, 0.2) is 154 Å². The molecule has 2 amide bonds. The van der Waals surface area contributed by atoms with Gasteiger partial charge in [-0.25, -0.2) is 81.8 Å². The number of aliphatic hydroxyl groups excluding tert-OH is 2. The average molecular weight is 1990 g/mol. The van der Waals surface area contributed by atoms with E-state index in [1.54, 1.807) is 34.2 Å². The number of hydrogen-bond acceptors (Lipinski definition) is 28. The third-order valence-electron chi connectivity index (χ3n) is 31.8. The molecule has 30 nitrogen and oxygen atoms in total. The number of rotatable bonds is 19. The number of nitrogens with zero attached hydrogens (tertiary/aromatic N) is 21. The highest BCUT2D eigenvalue weighted by molar-refractivity contribution is 6.04. The minimum absolute atomic E-state index is 0.00350. The van der Waals surface area contributed by atoms with Crippen LogP contribution in [0, 0.1) is 49.9 Å². The Morgan fingerprint density at radius 2 is 0.769 bits per heavy atom. The highest BCUT2D eigenvalue weighted by Crippen LogP contribution is 2.57. The zero-order valence-electron chi connectivity index (χ0n) is 84.9. The molecule has 0 radical (unpaired) electrons. The summed E-state index contributed by atoms with van der Waals surface area (Å²) in [5.74, 6) is 0.890. The molecule has 35 heteroatoms. The molecule has 23 rings (SSSR count). The largest absolute Gasteiger partial charge is 0.489 e. The van der Waals surface area contributed by atoms with E-state index in [9.17, 15) is 18.4 Å². The fraction of sp³-hybridized carbons (Fsp3) is 0.411. The number of likely N-dealkylation sites (tertiary alicyclic amines) is 1. The van der Waals surface area contributed by atoms with E-state index in [1.807, 2.05) is 88.5 Å². The van der Waals surface area contributed by atoms with Gasteiger partial charge in [0.25, 0.3) is 0 Å². The highest BCUT2D eigenvalue weighted by Gasteiger charge is 2.48. The van der Waals surface area contributed by atoms with Gasteiger partial charge in [-0.15, -0.1) is 0 Å². The van der Waals surface area contributed by atoms with Crippen molar-refractivity contribution in [2.24, 2.45) is 20.0 Å². The summed E-state index contributed by atoms with van der Waals surface area (Å²) in [5.41, 5.74) is 22.8. The van der Waals surface area contributed by atoms with Gasteiger partial charge in [0.05, 0.1) is 48.0 Å². The van der Waals surface area contributed by atoms with Crippen molar-refractivity contribution in [1.29, 1.82) is 0 Å². The van der Waals surface area contributed by atoms with Gasteiger partial charge in [0.1, 0.15) is 82.6 Å². The average Bonchev–Trinajstić information content (AvgIpc) is 1.58. The quantitative estimate of drug-likeness (QED) is 0.0410. The van der Waals surface area contributed by atoms with Crippen LogP contribution in [0.25, 0.3) is 45.0 Å². The van der Waals surface area contributed by atoms with Gasteiger partial charge in [-0.05, 0) is 255 Å². The van der Waals surface area contributed by atoms with E-state index in [0.717, 1.165) is 218 Å². The number of benzene rings is 4. The van der Waals surface area contributed by atoms with Gasteiger partial charge in [0.2, 0.25) is 35.6 Å². The van der Waals surface area contributed by atoms with Crippen molar-refractivity contribution in [2.45, 2.75) is 219 Å². The molecule has 2 saturated heterocycles. The van der Waals surface area contributed by atoms with Crippen molar-refractivity contribution in [1.82, 2.24) is 84.3 Å². The number of ether oxygens (including phenoxy) is 1. The maximum absolute atomic E-state index is 15.1. The van der Waals surface area contributed by atoms with Gasteiger partial charge >= 0.3 is 0 Å². The van der Waals surface area contributed by atoms with E-state index in [2.05, 4.69) is 168 Å². The lowest BCUT2D eigenvalue weighted by Gasteiger charge is -2.32. The summed E-state index contributed by atoms with van der Waals surface area (Å²) in [6.07, 6.45) is 25.6. The summed E-state index contributed by atoms with van der Waals surface area (Å²) in [7, 11) is 4.28. The number of hydrogen-bond donors (Lipinski definition) is 6. The summed E-state index contributed by atoms with van der Waals surface area (Å²) in [6, 6.07) is 30.2. The van der Waals surface area contributed by atoms with Crippen molar-refractivity contribution in [3.63, 3.8) is 0 Å². The number of likely N-dealkylation sites (N-methyl/N-ethyl adjacent to an activating group) is 1. The van der Waals surface area contributed by atoms with E-state index < -0.39 is 42.3 Å². The number of halogens is 5. The molecule has 12 aromatic rings. The topological polar surface area (TPSA) is 352 Å². The molecule has 11 aliphatic rings. The molecule has 8 aliphatic heterocycles. The first-order valence-corrected chi connectivity index (χ1v) is 51.1. The number of amides is 2. The summed E-state index contributed by atoms with van der Waals surface area (Å²) in [5, 5.41) is 30.6. The van der Waals surface area contributed by atoms with Crippen molar-refractivity contribution in [3.8, 4) is 50.8 Å². The number of piperazine rings is 1. The van der Waals surface area contributed by atoms with Crippen LogP contribution >= 0.6 is 0 Å². The first-order valence-electron chi connectivity index (χ1n) is 51.1. The molecule has 6 N–H and O–H groups in total. The molecule has 16 heterocycles. The zero-order valence-corrected chi connectivity index (χ0v) is 84.9. The normalized spacial score (nSPS) is 18.6. The second-order valence-electron chi connectivity index (χ2n) is 41.0. The van der Waals surface area contributed by atoms with Crippen molar-refractivity contribution < 1.29 is 46.5 Å². The first kappa shape index (κ1) is 100. The molecular formula is C112H122F5N25O5. The van der Waals surface area contributed by atoms with Crippen LogP contribution in [-0.4, -0.2) is 215 Å². The number of aliphatic hydroxyl groups is 2. The Balaban J connectivity index is 0.000000119. The summed E-state index contributed by atoms with van der Waals surface area (Å²) >= 11 is 0. The van der Waals surface area contributed by atoms with Crippen LogP contribution in [0.4, 0.5) is 91.8 Å². The fourth-order valence-electron chi connectivity index (χ4n) is 23.0. The van der Waals surface area contributed by atoms with Gasteiger partial charge in [-0.1, -0.05) is 70.6 Å². The summed E-state index contributed by atoms with van der Waals surface area (Å²) in [4.78, 5) is 106. The lowest BCUT2D eigenvalue weighted by Crippen LogP contribution is -2.43. The molecule has 3 saturated carbocycles. The maximum atomic E-state index is 15.1. The molecule has 5 fully saturated rings. The van der Waals surface area contributed by atoms with Crippen molar-refractivity contribution in [3.05, 3.63) is 230 Å². The van der Waals surface area contributed by atoms with Crippen LogP contribution in [0.3, 0.4) is 0 Å². The monoisotopic (exact) mass is 1990 g/mol. The number of pyridine rings is 4. The van der Waals surface area contributed by atoms with Crippen LogP contribution < -0.4 is 26.0 Å². The zero-order chi connectivity index (χ0) is 102. The number of aliphatic imine (C=N–C) groups is 4. The number of anilines is 8. The molecule has 3 spiro atoms. The Hall–Kier alpha value is -14.1. The molecule has 4 aromatic carbocycles. The summed E-state index contributed by atoms with van der Waals surface area (Å²) < 4.78 is 81.1. The van der Waals surface area contributed by atoms with Gasteiger partial charge in [-0.3, -0.25) is 34.5 Å². The number of carbonyl (C=O) groups excluding carboxylic acids is 2. The third kappa shape index (κ3) is 20.2. The van der Waals surface area contributed by atoms with Gasteiger partial charge in [0, 0.05) is 169 Å². The minimum atomic E-state index is -0.615. The van der Waals surface area contributed by atoms with E-state index in [0.29, 0.717) is 96.5 Å². The standard InChI is InChI=1S/C29H34FN7.C28H30F2N6O.C28H29FN6O2.C27H29FN6O2/c1-19-14-22(15-23-26(19)33-20(2)29(23)8-4-5-9-29)27-24(30)17-32-28(35-27)34-25-7-6-21(16-31-25)18-37-12-10-36(3)11-13-37;1-17-28(9-3-4-10-28)21-13-18(14-22(29)26(21)33-17)25-23(30)16-32-27(35-25)34-24-6-5-20(15-31-24)37-19-7-11-36(2)12-8-19;1-16-11-19(12-20-25(16)31-17(2)28(20)8-3-4-9-28)26-21(29)13-30-27(34-26)33-23-6-5-18-14-35(24(37)15-36)10-7-22(18)32-23;1-5-27(4)16(3)30-24-15(2)10-18(11-19(24)27)25-20(28)12-29-26(33-25)32-22-7-6-17-13-34(23(36)14-35)9-8-21(17)31-22/h6-7,14-17H,4-5,8-13,18H2,1-3H3,(H,31,32,34,35);5-6,13-16,19H,3-4,7-12H2,1-2H3,(H,31,32,34,35);5-6,11-13,36H,3-4,7-10,14-15H2,1-2H3,(H,30,32,33,34);6-7,10-12,35H,5,8-9,13-14H2,1-4H3,(H,29,31,32,33). The second-order valence-corrected chi connectivity index (χ2v) is 41.0. The molecule has 147 heavy (non-hydrogen) atoms. The number of nitrogens with one attached hydrogen (secondary N) is 4. The van der Waals surface area contributed by atoms with Crippen LogP contribution in [-0.2, 0) is 63.7 Å². The number of carbonyl (C=O) groups is 2. The lowest BCUT2D eigenvalue weighted by molar-refractivity contribution is -0.135. The number of aryl methyl sites for hydroxylation is 3. The maximum Gasteiger partial charge on any atom is 0.248 e. The Morgan fingerprint density at radius 3 is 1.17 bits per heavy atom. The van der Waals surface area contributed by atoms with E-state index in [4.69, 9.17) is 29.9 Å². The van der Waals surface area contributed by atoms with E-state index in [-0.39, 0.29) is 74.5 Å². The predicted molar refractivity (Wildman–Crippen MR) is 559 cm³/mol.